The molecule has 1 N–H and O–H groups in total. The third-order valence-corrected chi connectivity index (χ3v) is 4.14. The van der Waals surface area contributed by atoms with Crippen LogP contribution < -0.4 is 5.32 Å². The Hall–Kier alpha value is -0.420. The first-order valence-corrected chi connectivity index (χ1v) is 7.93. The van der Waals surface area contributed by atoms with Gasteiger partial charge < -0.3 is 10.1 Å². The van der Waals surface area contributed by atoms with Crippen LogP contribution in [0.1, 0.15) is 18.7 Å². The third-order valence-electron chi connectivity index (χ3n) is 3.21. The summed E-state index contributed by atoms with van der Waals surface area (Å²) in [5, 5.41) is 5.67. The predicted molar refractivity (Wildman–Crippen MR) is 84.0 cm³/mol. The Morgan fingerprint density at radius 2 is 2.16 bits per heavy atom. The molecular weight excluding hydrogens is 256 g/mol. The van der Waals surface area contributed by atoms with E-state index >= 15 is 0 Å². The van der Waals surface area contributed by atoms with Crippen LogP contribution in [-0.2, 0) is 11.2 Å². The molecule has 110 valence electrons. The van der Waals surface area contributed by atoms with Crippen LogP contribution in [0.4, 0.5) is 0 Å². The van der Waals surface area contributed by atoms with Crippen LogP contribution in [0.15, 0.2) is 17.5 Å². The monoisotopic (exact) mass is 284 g/mol. The quantitative estimate of drug-likeness (QED) is 0.714. The molecule has 1 aromatic heterocycles. The third kappa shape index (κ3) is 7.06. The van der Waals surface area contributed by atoms with E-state index in [0.717, 1.165) is 32.7 Å². The second-order valence-corrected chi connectivity index (χ2v) is 6.50. The molecule has 0 aromatic carbocycles. The lowest BCUT2D eigenvalue weighted by molar-refractivity contribution is 0.105. The van der Waals surface area contributed by atoms with E-state index in [1.165, 1.54) is 4.88 Å². The number of methoxy groups -OCH3 is 1. The molecule has 0 aliphatic rings. The fourth-order valence-electron chi connectivity index (χ4n) is 2.00. The van der Waals surface area contributed by atoms with E-state index in [0.29, 0.717) is 12.0 Å². The highest BCUT2D eigenvalue weighted by Gasteiger charge is 2.14. The van der Waals surface area contributed by atoms with Crippen molar-refractivity contribution < 1.29 is 4.74 Å². The summed E-state index contributed by atoms with van der Waals surface area (Å²) in [5.41, 5.74) is 0. The van der Waals surface area contributed by atoms with Crippen molar-refractivity contribution in [2.24, 2.45) is 5.92 Å². The van der Waals surface area contributed by atoms with E-state index in [9.17, 15) is 0 Å². The van der Waals surface area contributed by atoms with E-state index in [4.69, 9.17) is 4.74 Å². The van der Waals surface area contributed by atoms with Gasteiger partial charge in [0.15, 0.2) is 0 Å². The molecule has 1 heterocycles. The van der Waals surface area contributed by atoms with Gasteiger partial charge >= 0.3 is 0 Å². The average Bonchev–Trinajstić information content (AvgIpc) is 2.87. The van der Waals surface area contributed by atoms with Gasteiger partial charge in [-0.05, 0) is 37.4 Å². The zero-order valence-corrected chi connectivity index (χ0v) is 13.5. The van der Waals surface area contributed by atoms with Crippen LogP contribution in [0.25, 0.3) is 0 Å². The maximum absolute atomic E-state index is 5.34. The summed E-state index contributed by atoms with van der Waals surface area (Å²) in [6.07, 6.45) is 1.12. The van der Waals surface area contributed by atoms with Gasteiger partial charge in [0.1, 0.15) is 0 Å². The van der Waals surface area contributed by atoms with E-state index in [1.807, 2.05) is 11.3 Å². The van der Waals surface area contributed by atoms with Crippen molar-refractivity contribution in [3.8, 4) is 0 Å². The van der Waals surface area contributed by atoms with Crippen LogP contribution in [0.2, 0.25) is 0 Å². The summed E-state index contributed by atoms with van der Waals surface area (Å²) in [7, 11) is 3.97. The summed E-state index contributed by atoms with van der Waals surface area (Å²) in [6.45, 7) is 8.40. The minimum Gasteiger partial charge on any atom is -0.383 e. The van der Waals surface area contributed by atoms with Crippen LogP contribution in [-0.4, -0.2) is 51.3 Å². The molecule has 0 amide bonds. The van der Waals surface area contributed by atoms with Gasteiger partial charge in [0, 0.05) is 31.1 Å². The van der Waals surface area contributed by atoms with E-state index in [-0.39, 0.29) is 0 Å². The van der Waals surface area contributed by atoms with Gasteiger partial charge in [-0.3, -0.25) is 4.90 Å². The molecule has 0 fully saturated rings. The lowest BCUT2D eigenvalue weighted by Crippen LogP contribution is -2.44. The average molecular weight is 284 g/mol. The van der Waals surface area contributed by atoms with Crippen LogP contribution in [0.5, 0.6) is 0 Å². The minimum atomic E-state index is 0.448. The summed E-state index contributed by atoms with van der Waals surface area (Å²) < 4.78 is 5.34. The van der Waals surface area contributed by atoms with Crippen molar-refractivity contribution in [3.63, 3.8) is 0 Å². The number of likely N-dealkylation sites (N-methyl/N-ethyl adjacent to an activating group) is 1. The van der Waals surface area contributed by atoms with E-state index in [1.54, 1.807) is 7.11 Å². The fraction of sp³-hybridized carbons (Fsp3) is 0.733. The first-order chi connectivity index (χ1) is 9.13. The minimum absolute atomic E-state index is 0.448. The maximum atomic E-state index is 5.34. The first kappa shape index (κ1) is 16.6. The molecule has 0 aliphatic heterocycles. The normalized spacial score (nSPS) is 13.4. The largest absolute Gasteiger partial charge is 0.383 e. The van der Waals surface area contributed by atoms with Crippen LogP contribution in [0.3, 0.4) is 0 Å². The molecule has 1 rings (SSSR count). The highest BCUT2D eigenvalue weighted by Crippen LogP contribution is 2.10. The number of thiophene rings is 1. The van der Waals surface area contributed by atoms with Crippen molar-refractivity contribution in [2.75, 3.05) is 40.4 Å². The predicted octanol–water partition coefficient (Wildman–Crippen LogP) is 2.48. The van der Waals surface area contributed by atoms with E-state index < -0.39 is 0 Å². The molecule has 0 bridgehead atoms. The zero-order chi connectivity index (χ0) is 14.1. The SMILES string of the molecule is COCC(CNCC(C)C)N(C)CCc1cccs1. The molecule has 1 atom stereocenters. The number of hydrogen-bond acceptors (Lipinski definition) is 4. The Kier molecular flexibility index (Phi) is 8.30. The van der Waals surface area contributed by atoms with Gasteiger partial charge in [-0.2, -0.15) is 0 Å². The van der Waals surface area contributed by atoms with Crippen molar-refractivity contribution in [1.29, 1.82) is 0 Å². The Morgan fingerprint density at radius 1 is 1.37 bits per heavy atom. The molecule has 0 saturated carbocycles. The maximum Gasteiger partial charge on any atom is 0.0630 e. The lowest BCUT2D eigenvalue weighted by Gasteiger charge is -2.28. The molecule has 0 radical (unpaired) electrons. The molecule has 1 aromatic rings. The molecule has 19 heavy (non-hydrogen) atoms. The number of nitrogens with zero attached hydrogens (tertiary/aromatic N) is 1. The Bertz CT molecular complexity index is 314. The molecular formula is C15H28N2OS. The summed E-state index contributed by atoms with van der Waals surface area (Å²) in [6, 6.07) is 4.78. The van der Waals surface area contributed by atoms with Gasteiger partial charge in [0.05, 0.1) is 6.61 Å². The second-order valence-electron chi connectivity index (χ2n) is 5.47. The Balaban J connectivity index is 2.31. The molecule has 0 saturated heterocycles. The Labute approximate surface area is 122 Å². The topological polar surface area (TPSA) is 24.5 Å². The number of hydrogen-bond donors (Lipinski definition) is 1. The number of nitrogens with one attached hydrogen (secondary N) is 1. The lowest BCUT2D eigenvalue weighted by atomic mass is 10.2. The molecule has 1 unspecified atom stereocenters. The smallest absolute Gasteiger partial charge is 0.0630 e. The number of rotatable bonds is 10. The van der Waals surface area contributed by atoms with E-state index in [2.05, 4.69) is 48.6 Å². The summed E-state index contributed by atoms with van der Waals surface area (Å²) in [4.78, 5) is 3.86. The standard InChI is InChI=1S/C15H28N2OS/c1-13(2)10-16-11-14(12-18-4)17(3)8-7-15-6-5-9-19-15/h5-6,9,13-14,16H,7-8,10-12H2,1-4H3. The van der Waals surface area contributed by atoms with Gasteiger partial charge in [0.25, 0.3) is 0 Å². The zero-order valence-electron chi connectivity index (χ0n) is 12.7. The fourth-order valence-corrected chi connectivity index (χ4v) is 2.70. The second kappa shape index (κ2) is 9.48. The molecule has 3 nitrogen and oxygen atoms in total. The Morgan fingerprint density at radius 3 is 2.74 bits per heavy atom. The molecule has 4 heteroatoms. The molecule has 0 aliphatic carbocycles. The number of ether oxygens (including phenoxy) is 1. The van der Waals surface area contributed by atoms with Crippen molar-refractivity contribution in [2.45, 2.75) is 26.3 Å². The van der Waals surface area contributed by atoms with Crippen molar-refractivity contribution in [3.05, 3.63) is 22.4 Å². The van der Waals surface area contributed by atoms with Gasteiger partial charge in [-0.25, -0.2) is 0 Å². The van der Waals surface area contributed by atoms with Crippen molar-refractivity contribution in [1.82, 2.24) is 10.2 Å². The van der Waals surface area contributed by atoms with Gasteiger partial charge in [0.2, 0.25) is 0 Å². The highest BCUT2D eigenvalue weighted by atomic mass is 32.1. The van der Waals surface area contributed by atoms with Crippen LogP contribution >= 0.6 is 11.3 Å². The van der Waals surface area contributed by atoms with Crippen LogP contribution in [0, 0.1) is 5.92 Å². The summed E-state index contributed by atoms with van der Waals surface area (Å²) >= 11 is 1.84. The van der Waals surface area contributed by atoms with Gasteiger partial charge in [-0.15, -0.1) is 11.3 Å². The first-order valence-electron chi connectivity index (χ1n) is 7.05. The highest BCUT2D eigenvalue weighted by molar-refractivity contribution is 7.09. The molecule has 0 spiro atoms. The van der Waals surface area contributed by atoms with Crippen molar-refractivity contribution >= 4 is 11.3 Å². The summed E-state index contributed by atoms with van der Waals surface area (Å²) in [5.74, 6) is 0.694. The van der Waals surface area contributed by atoms with Gasteiger partial charge in [-0.1, -0.05) is 19.9 Å².